The van der Waals surface area contributed by atoms with Crippen LogP contribution >= 0.6 is 0 Å². The average Bonchev–Trinajstić information content (AvgIpc) is 3.65. The third-order valence-corrected chi connectivity index (χ3v) is 9.90. The molecule has 3 aromatic carbocycles. The van der Waals surface area contributed by atoms with Crippen molar-refractivity contribution in [3.63, 3.8) is 0 Å². The highest BCUT2D eigenvalue weighted by molar-refractivity contribution is 5.73. The second kappa shape index (κ2) is 9.01. The molecule has 2 heterocycles. The fourth-order valence-corrected chi connectivity index (χ4v) is 8.47. The Kier molecular flexibility index (Phi) is 5.61. The number of para-hydroxylation sites is 1. The van der Waals surface area contributed by atoms with Gasteiger partial charge in [0.2, 0.25) is 0 Å². The quantitative estimate of drug-likeness (QED) is 0.255. The molecular formula is C35H39N2+. The van der Waals surface area contributed by atoms with E-state index in [9.17, 15) is 0 Å². The van der Waals surface area contributed by atoms with Crippen LogP contribution < -0.4 is 4.57 Å². The van der Waals surface area contributed by atoms with Gasteiger partial charge < -0.3 is 0 Å². The van der Waals surface area contributed by atoms with E-state index in [-0.39, 0.29) is 5.54 Å². The predicted molar refractivity (Wildman–Crippen MR) is 152 cm³/mol. The predicted octanol–water partition coefficient (Wildman–Crippen LogP) is 8.54. The molecule has 1 atom stereocenters. The molecule has 0 bridgehead atoms. The summed E-state index contributed by atoms with van der Waals surface area (Å²) in [6.45, 7) is 4.63. The molecular weight excluding hydrogens is 448 g/mol. The first-order chi connectivity index (χ1) is 18.2. The lowest BCUT2D eigenvalue weighted by molar-refractivity contribution is -0.746. The molecule has 0 radical (unpaired) electrons. The van der Waals surface area contributed by atoms with Crippen LogP contribution in [0.3, 0.4) is 0 Å². The lowest BCUT2D eigenvalue weighted by Crippen LogP contribution is -2.63. The van der Waals surface area contributed by atoms with Crippen LogP contribution in [-0.2, 0) is 5.54 Å². The van der Waals surface area contributed by atoms with Gasteiger partial charge in [0.25, 0.3) is 5.82 Å². The molecule has 188 valence electrons. The van der Waals surface area contributed by atoms with Crippen molar-refractivity contribution in [1.82, 2.24) is 4.57 Å². The maximum absolute atomic E-state index is 2.90. The maximum atomic E-state index is 2.90. The zero-order chi connectivity index (χ0) is 25.0. The van der Waals surface area contributed by atoms with Crippen molar-refractivity contribution in [3.8, 4) is 28.3 Å². The number of benzene rings is 3. The zero-order valence-corrected chi connectivity index (χ0v) is 22.4. The summed E-state index contributed by atoms with van der Waals surface area (Å²) in [4.78, 5) is 0. The third-order valence-electron chi connectivity index (χ3n) is 9.90. The molecule has 1 unspecified atom stereocenters. The molecule has 2 fully saturated rings. The van der Waals surface area contributed by atoms with Crippen molar-refractivity contribution in [1.29, 1.82) is 0 Å². The number of rotatable bonds is 4. The van der Waals surface area contributed by atoms with E-state index in [0.717, 1.165) is 0 Å². The molecule has 1 aromatic heterocycles. The third kappa shape index (κ3) is 3.27. The summed E-state index contributed by atoms with van der Waals surface area (Å²) in [7, 11) is 0. The molecule has 0 saturated heterocycles. The standard InChI is InChI=1S/C35H39N2/c1-25-15-9-14-24-32(25)36-26(2)33-30-22-12-13-23-31(30)35(29-20-10-11-21-29,28-18-7-4-8-19-28)37(33)34(36)27-16-5-3-6-17-27/h3,5-6,9,12-17,22-24,28-29H,4,7-8,10-11,18-21H2,1-2H3/q+1. The van der Waals surface area contributed by atoms with Gasteiger partial charge >= 0.3 is 0 Å². The monoisotopic (exact) mass is 487 g/mol. The molecule has 2 heteroatoms. The van der Waals surface area contributed by atoms with Gasteiger partial charge in [-0.25, -0.2) is 4.57 Å². The first kappa shape index (κ1) is 23.0. The number of hydrogen-bond acceptors (Lipinski definition) is 0. The molecule has 0 spiro atoms. The van der Waals surface area contributed by atoms with Crippen molar-refractivity contribution < 1.29 is 4.57 Å². The first-order valence-corrected chi connectivity index (χ1v) is 14.6. The summed E-state index contributed by atoms with van der Waals surface area (Å²) in [5.74, 6) is 2.75. The van der Waals surface area contributed by atoms with Crippen molar-refractivity contribution in [3.05, 3.63) is 95.7 Å². The second-order valence-corrected chi connectivity index (χ2v) is 11.8. The van der Waals surface area contributed by atoms with Crippen molar-refractivity contribution in [2.75, 3.05) is 0 Å². The number of hydrogen-bond donors (Lipinski definition) is 0. The lowest BCUT2D eigenvalue weighted by Gasteiger charge is -2.43. The highest BCUT2D eigenvalue weighted by Crippen LogP contribution is 2.56. The SMILES string of the molecule is Cc1ccccc1-n1c(C)c2[n+](c1-c1ccccc1)C(C1CCCCC1)(C1CCCC1)c1ccccc1-2. The van der Waals surface area contributed by atoms with E-state index in [4.69, 9.17) is 0 Å². The largest absolute Gasteiger partial charge is 0.295 e. The van der Waals surface area contributed by atoms with Crippen LogP contribution in [0.5, 0.6) is 0 Å². The minimum Gasteiger partial charge on any atom is -0.212 e. The smallest absolute Gasteiger partial charge is 0.212 e. The van der Waals surface area contributed by atoms with Crippen molar-refractivity contribution in [2.45, 2.75) is 77.2 Å². The van der Waals surface area contributed by atoms with E-state index in [0.29, 0.717) is 11.8 Å². The van der Waals surface area contributed by atoms with Crippen LogP contribution in [-0.4, -0.2) is 4.57 Å². The lowest BCUT2D eigenvalue weighted by atomic mass is 9.64. The Hall–Kier alpha value is -3.13. The number of nitrogens with zero attached hydrogens (tertiary/aromatic N) is 2. The topological polar surface area (TPSA) is 8.81 Å². The molecule has 4 aromatic rings. The minimum atomic E-state index is 0.0344. The zero-order valence-electron chi connectivity index (χ0n) is 22.4. The van der Waals surface area contributed by atoms with Gasteiger partial charge in [0.05, 0.1) is 5.56 Å². The second-order valence-electron chi connectivity index (χ2n) is 11.8. The molecule has 2 aliphatic carbocycles. The van der Waals surface area contributed by atoms with Crippen LogP contribution in [0.15, 0.2) is 78.9 Å². The highest BCUT2D eigenvalue weighted by atomic mass is 15.3. The Balaban J connectivity index is 1.64. The Morgan fingerprint density at radius 3 is 1.97 bits per heavy atom. The summed E-state index contributed by atoms with van der Waals surface area (Å²) in [5, 5.41) is 0. The molecule has 1 aliphatic heterocycles. The van der Waals surface area contributed by atoms with Crippen LogP contribution in [0.2, 0.25) is 0 Å². The molecule has 0 N–H and O–H groups in total. The molecule has 37 heavy (non-hydrogen) atoms. The normalized spacial score (nSPS) is 21.8. The van der Waals surface area contributed by atoms with E-state index in [1.165, 1.54) is 97.4 Å². The van der Waals surface area contributed by atoms with E-state index in [1.807, 2.05) is 0 Å². The van der Waals surface area contributed by atoms with E-state index in [1.54, 1.807) is 5.56 Å². The van der Waals surface area contributed by atoms with Crippen LogP contribution in [0.25, 0.3) is 28.3 Å². The van der Waals surface area contributed by atoms with Gasteiger partial charge in [0, 0.05) is 29.9 Å². The summed E-state index contributed by atoms with van der Waals surface area (Å²) < 4.78 is 5.50. The number of imidazole rings is 1. The van der Waals surface area contributed by atoms with Crippen molar-refractivity contribution in [2.24, 2.45) is 11.8 Å². The Labute approximate surface area is 222 Å². The summed E-state index contributed by atoms with van der Waals surface area (Å²) >= 11 is 0. The molecule has 7 rings (SSSR count). The summed E-state index contributed by atoms with van der Waals surface area (Å²) in [6, 6.07) is 29.7. The average molecular weight is 488 g/mol. The minimum absolute atomic E-state index is 0.0344. The Morgan fingerprint density at radius 1 is 0.676 bits per heavy atom. The molecule has 2 saturated carbocycles. The Morgan fingerprint density at radius 2 is 1.27 bits per heavy atom. The van der Waals surface area contributed by atoms with Gasteiger partial charge in [0.15, 0.2) is 11.4 Å². The number of aromatic nitrogens is 2. The summed E-state index contributed by atoms with van der Waals surface area (Å²) in [5.41, 5.74) is 9.91. The van der Waals surface area contributed by atoms with Gasteiger partial charge in [-0.1, -0.05) is 92.8 Å². The fourth-order valence-electron chi connectivity index (χ4n) is 8.47. The van der Waals surface area contributed by atoms with E-state index in [2.05, 4.69) is 102 Å². The Bertz CT molecular complexity index is 1430. The molecule has 0 amide bonds. The molecule has 2 nitrogen and oxygen atoms in total. The van der Waals surface area contributed by atoms with Gasteiger partial charge in [-0.05, 0) is 56.4 Å². The summed E-state index contributed by atoms with van der Waals surface area (Å²) in [6.07, 6.45) is 12.3. The molecule has 3 aliphatic rings. The van der Waals surface area contributed by atoms with Gasteiger partial charge in [-0.15, -0.1) is 0 Å². The van der Waals surface area contributed by atoms with Crippen LogP contribution in [0, 0.1) is 25.7 Å². The van der Waals surface area contributed by atoms with E-state index < -0.39 is 0 Å². The van der Waals surface area contributed by atoms with Crippen LogP contribution in [0.4, 0.5) is 0 Å². The highest BCUT2D eigenvalue weighted by Gasteiger charge is 2.61. The van der Waals surface area contributed by atoms with E-state index >= 15 is 0 Å². The number of aryl methyl sites for hydroxylation is 1. The van der Waals surface area contributed by atoms with Gasteiger partial charge in [-0.3, -0.25) is 0 Å². The first-order valence-electron chi connectivity index (χ1n) is 14.6. The van der Waals surface area contributed by atoms with Crippen LogP contribution in [0.1, 0.15) is 74.6 Å². The fraction of sp³-hybridized carbons (Fsp3) is 0.400. The van der Waals surface area contributed by atoms with Gasteiger partial charge in [0.1, 0.15) is 11.2 Å². The maximum Gasteiger partial charge on any atom is 0.295 e. The van der Waals surface area contributed by atoms with Gasteiger partial charge in [-0.2, -0.15) is 4.57 Å². The number of fused-ring (bicyclic) bond motifs is 3. The van der Waals surface area contributed by atoms with Crippen molar-refractivity contribution >= 4 is 0 Å².